The molecule has 1 unspecified atom stereocenters. The molecule has 4 aliphatic heterocycles. The molecule has 0 saturated carbocycles. The van der Waals surface area contributed by atoms with Gasteiger partial charge in [0.1, 0.15) is 5.75 Å². The van der Waals surface area contributed by atoms with E-state index in [1.165, 1.54) is 40.0 Å². The summed E-state index contributed by atoms with van der Waals surface area (Å²) in [6.45, 7) is 8.89. The number of ether oxygens (including phenoxy) is 1. The van der Waals surface area contributed by atoms with E-state index in [-0.39, 0.29) is 5.88 Å². The van der Waals surface area contributed by atoms with Gasteiger partial charge in [-0.05, 0) is 24.6 Å². The fraction of sp³-hybridized carbons (Fsp3) is 0.588. The molecule has 4 fully saturated rings. The molecule has 7 nitrogen and oxygen atoms in total. The van der Waals surface area contributed by atoms with Crippen molar-refractivity contribution in [3.63, 3.8) is 0 Å². The van der Waals surface area contributed by atoms with Gasteiger partial charge >= 0.3 is 5.97 Å². The molecule has 4 aliphatic rings. The first-order valence-electron chi connectivity index (χ1n) is 8.61. The molecule has 4 heterocycles. The highest BCUT2D eigenvalue weighted by Crippen LogP contribution is 2.26. The van der Waals surface area contributed by atoms with Crippen molar-refractivity contribution in [2.75, 3.05) is 40.0 Å². The van der Waals surface area contributed by atoms with E-state index in [1.54, 1.807) is 19.1 Å². The molecule has 5 rings (SSSR count). The van der Waals surface area contributed by atoms with E-state index in [4.69, 9.17) is 21.4 Å². The van der Waals surface area contributed by atoms with Gasteiger partial charge in [0, 0.05) is 10.0 Å². The maximum Gasteiger partial charge on any atom is 0.344 e. The van der Waals surface area contributed by atoms with Crippen LogP contribution in [-0.4, -0.2) is 76.8 Å². The quantitative estimate of drug-likeness (QED) is 0.696. The summed E-state index contributed by atoms with van der Waals surface area (Å²) < 4.78 is 6.29. The van der Waals surface area contributed by atoms with Gasteiger partial charge in [-0.2, -0.15) is 0 Å². The van der Waals surface area contributed by atoms with Crippen LogP contribution in [0.5, 0.6) is 5.75 Å². The molecule has 1 aromatic carbocycles. The van der Waals surface area contributed by atoms with Crippen molar-refractivity contribution in [2.45, 2.75) is 25.3 Å². The van der Waals surface area contributed by atoms with Crippen LogP contribution in [-0.2, 0) is 10.7 Å². The van der Waals surface area contributed by atoms with Crippen molar-refractivity contribution >= 4 is 33.5 Å². The first-order chi connectivity index (χ1) is 12.5. The van der Waals surface area contributed by atoms with E-state index in [0.29, 0.717) is 12.2 Å². The maximum atomic E-state index is 10.8. The van der Waals surface area contributed by atoms with Crippen LogP contribution in [0, 0.1) is 0 Å². The van der Waals surface area contributed by atoms with Crippen LogP contribution >= 0.6 is 27.5 Å². The van der Waals surface area contributed by atoms with Gasteiger partial charge in [0.25, 0.3) is 0 Å². The van der Waals surface area contributed by atoms with Gasteiger partial charge in [-0.3, -0.25) is 19.6 Å². The van der Waals surface area contributed by atoms with E-state index in [0.717, 1.165) is 10.0 Å². The zero-order valence-electron chi connectivity index (χ0n) is 14.8. The summed E-state index contributed by atoms with van der Waals surface area (Å²) in [5.74, 6) is -0.163. The lowest BCUT2D eigenvalue weighted by Crippen LogP contribution is -2.71. The lowest BCUT2D eigenvalue weighted by atomic mass is 10.2. The third-order valence-corrected chi connectivity index (χ3v) is 5.26. The van der Waals surface area contributed by atoms with E-state index < -0.39 is 12.1 Å². The molecule has 9 heteroatoms. The van der Waals surface area contributed by atoms with E-state index in [9.17, 15) is 4.79 Å². The van der Waals surface area contributed by atoms with Crippen molar-refractivity contribution < 1.29 is 14.6 Å². The van der Waals surface area contributed by atoms with Gasteiger partial charge < -0.3 is 9.84 Å². The Hall–Kier alpha value is -0.900. The first kappa shape index (κ1) is 19.9. The third kappa shape index (κ3) is 4.88. The van der Waals surface area contributed by atoms with Gasteiger partial charge in [-0.1, -0.05) is 22.9 Å². The second-order valence-electron chi connectivity index (χ2n) is 6.77. The van der Waals surface area contributed by atoms with Crippen LogP contribution in [0.2, 0.25) is 0 Å². The molecule has 1 aromatic rings. The van der Waals surface area contributed by atoms with Gasteiger partial charge in [-0.25, -0.2) is 4.79 Å². The Morgan fingerprint density at radius 2 is 1.65 bits per heavy atom. The monoisotopic (exact) mass is 446 g/mol. The Balaban J connectivity index is 0.000000164. The number of carbonyl (C=O) groups is 1. The maximum absolute atomic E-state index is 10.8. The van der Waals surface area contributed by atoms with E-state index in [1.807, 2.05) is 6.07 Å². The van der Waals surface area contributed by atoms with Gasteiger partial charge in [-0.15, -0.1) is 11.6 Å². The summed E-state index contributed by atoms with van der Waals surface area (Å²) in [7, 11) is 0. The van der Waals surface area contributed by atoms with Gasteiger partial charge in [0.05, 0.1) is 45.9 Å². The molecule has 0 amide bonds. The Labute approximate surface area is 167 Å². The van der Waals surface area contributed by atoms with E-state index >= 15 is 0 Å². The summed E-state index contributed by atoms with van der Waals surface area (Å²) in [5, 5.41) is 8.89. The lowest BCUT2D eigenvalue weighted by Gasteiger charge is -2.56. The Morgan fingerprint density at radius 1 is 1.15 bits per heavy atom. The Kier molecular flexibility index (Phi) is 6.76. The highest BCUT2D eigenvalue weighted by atomic mass is 79.9. The topological polar surface area (TPSA) is 59.5 Å². The fourth-order valence-electron chi connectivity index (χ4n) is 3.46. The Morgan fingerprint density at radius 3 is 2.04 bits per heavy atom. The predicted molar refractivity (Wildman–Crippen MR) is 103 cm³/mol. The van der Waals surface area contributed by atoms with Gasteiger partial charge in [0.2, 0.25) is 0 Å². The zero-order chi connectivity index (χ0) is 18.7. The standard InChI is InChI=1S/C11H12BrClO3.C6H12N4/c1-2-9(11(14)15)16-10-4-3-8(12)5-7(10)6-13;1-7-2-9-4-8(1)5-10(3-7)6-9/h3-5,9H,2,6H2,1H3,(H,14,15);1-6H2. The zero-order valence-corrected chi connectivity index (χ0v) is 17.1. The SMILES string of the molecule is C1N2CN3CN1CN(C2)C3.CCC(Oc1ccc(Br)cc1CCl)C(=O)O. The molecule has 0 aliphatic carbocycles. The molecule has 0 aromatic heterocycles. The summed E-state index contributed by atoms with van der Waals surface area (Å²) >= 11 is 9.08. The number of hydrogen-bond acceptors (Lipinski definition) is 6. The fourth-order valence-corrected chi connectivity index (χ4v) is 4.08. The number of benzene rings is 1. The molecule has 0 radical (unpaired) electrons. The second kappa shape index (κ2) is 8.86. The van der Waals surface area contributed by atoms with Crippen LogP contribution in [0.3, 0.4) is 0 Å². The minimum atomic E-state index is -0.967. The van der Waals surface area contributed by atoms with Crippen LogP contribution in [0.25, 0.3) is 0 Å². The van der Waals surface area contributed by atoms with Crippen molar-refractivity contribution in [2.24, 2.45) is 0 Å². The van der Waals surface area contributed by atoms with Crippen LogP contribution < -0.4 is 4.74 Å². The van der Waals surface area contributed by atoms with Crippen molar-refractivity contribution in [1.29, 1.82) is 0 Å². The molecule has 144 valence electrons. The minimum absolute atomic E-state index is 0.283. The molecule has 26 heavy (non-hydrogen) atoms. The van der Waals surface area contributed by atoms with Crippen LogP contribution in [0.15, 0.2) is 22.7 Å². The summed E-state index contributed by atoms with van der Waals surface area (Å²) in [4.78, 5) is 20.7. The molecular weight excluding hydrogens is 424 g/mol. The molecule has 1 atom stereocenters. The normalized spacial score (nSPS) is 29.7. The largest absolute Gasteiger partial charge is 0.479 e. The number of aliphatic carboxylic acids is 1. The lowest BCUT2D eigenvalue weighted by molar-refractivity contribution is -0.194. The van der Waals surface area contributed by atoms with Crippen LogP contribution in [0.1, 0.15) is 18.9 Å². The summed E-state index contributed by atoms with van der Waals surface area (Å²) in [5.41, 5.74) is 0.774. The number of carboxylic acid groups (broad SMARTS) is 1. The summed E-state index contributed by atoms with van der Waals surface area (Å²) in [6, 6.07) is 5.32. The number of nitrogens with zero attached hydrogens (tertiary/aromatic N) is 4. The molecule has 1 N–H and O–H groups in total. The highest BCUT2D eigenvalue weighted by Gasteiger charge is 2.36. The number of hydrogen-bond donors (Lipinski definition) is 1. The van der Waals surface area contributed by atoms with Crippen molar-refractivity contribution in [1.82, 2.24) is 19.6 Å². The molecular formula is C17H24BrClN4O3. The molecule has 4 saturated heterocycles. The smallest absolute Gasteiger partial charge is 0.344 e. The minimum Gasteiger partial charge on any atom is -0.479 e. The predicted octanol–water partition coefficient (Wildman–Crippen LogP) is 2.41. The number of rotatable bonds is 5. The number of halogens is 2. The van der Waals surface area contributed by atoms with Crippen molar-refractivity contribution in [3.8, 4) is 5.75 Å². The third-order valence-electron chi connectivity index (χ3n) is 4.48. The molecule has 4 bridgehead atoms. The summed E-state index contributed by atoms with van der Waals surface area (Å²) in [6.07, 6.45) is -0.421. The second-order valence-corrected chi connectivity index (χ2v) is 7.95. The average Bonchev–Trinajstić information content (AvgIpc) is 2.59. The number of carboxylic acids is 1. The number of alkyl halides is 1. The van der Waals surface area contributed by atoms with Crippen LogP contribution in [0.4, 0.5) is 0 Å². The van der Waals surface area contributed by atoms with E-state index in [2.05, 4.69) is 35.5 Å². The highest BCUT2D eigenvalue weighted by molar-refractivity contribution is 9.10. The Bertz CT molecular complexity index is 592. The first-order valence-corrected chi connectivity index (χ1v) is 9.94. The van der Waals surface area contributed by atoms with Gasteiger partial charge in [0.15, 0.2) is 6.10 Å². The average molecular weight is 448 g/mol. The molecule has 0 spiro atoms. The van der Waals surface area contributed by atoms with Crippen molar-refractivity contribution in [3.05, 3.63) is 28.2 Å².